The maximum absolute atomic E-state index is 12.5. The molecule has 0 amide bonds. The van der Waals surface area contributed by atoms with Crippen LogP contribution in [0, 0.1) is 5.92 Å². The highest BCUT2D eigenvalue weighted by atomic mass is 16.5. The van der Waals surface area contributed by atoms with E-state index in [1.54, 1.807) is 0 Å². The van der Waals surface area contributed by atoms with Gasteiger partial charge < -0.3 is 9.64 Å². The van der Waals surface area contributed by atoms with Gasteiger partial charge in [0.2, 0.25) is 0 Å². The third-order valence-electron chi connectivity index (χ3n) is 4.90. The molecule has 0 heterocycles. The lowest BCUT2D eigenvalue weighted by Gasteiger charge is -2.35. The Balaban J connectivity index is 2.83. The molecule has 0 aromatic heterocycles. The molecule has 1 fully saturated rings. The fraction of sp³-hybridized carbons (Fsp3) is 0.941. The van der Waals surface area contributed by atoms with Gasteiger partial charge in [-0.15, -0.1) is 0 Å². The first kappa shape index (κ1) is 18.4. The maximum Gasteiger partial charge on any atom is 0.326 e. The molecule has 0 bridgehead atoms. The second kappa shape index (κ2) is 7.59. The summed E-state index contributed by atoms with van der Waals surface area (Å²) in [4.78, 5) is 14.9. The molecule has 1 aliphatic carbocycles. The Hall–Kier alpha value is -0.610. The number of nitrogens with zero attached hydrogens (tertiary/aromatic N) is 1. The number of ether oxygens (including phenoxy) is 1. The fourth-order valence-electron chi connectivity index (χ4n) is 3.37. The summed E-state index contributed by atoms with van der Waals surface area (Å²) in [5.41, 5.74) is -0.500. The number of carbonyl (C=O) groups is 1. The van der Waals surface area contributed by atoms with Crippen molar-refractivity contribution in [3.05, 3.63) is 0 Å². The molecule has 4 nitrogen and oxygen atoms in total. The number of esters is 1. The first-order valence-corrected chi connectivity index (χ1v) is 8.40. The normalized spacial score (nSPS) is 27.6. The molecule has 0 saturated heterocycles. The van der Waals surface area contributed by atoms with E-state index < -0.39 is 5.54 Å². The average molecular weight is 298 g/mol. The molecule has 3 atom stereocenters. The van der Waals surface area contributed by atoms with Gasteiger partial charge in [0.05, 0.1) is 6.61 Å². The van der Waals surface area contributed by atoms with Crippen LogP contribution >= 0.6 is 0 Å². The second-order valence-electron chi connectivity index (χ2n) is 7.15. The first-order valence-electron chi connectivity index (χ1n) is 8.40. The van der Waals surface area contributed by atoms with Crippen molar-refractivity contribution in [2.24, 2.45) is 5.92 Å². The molecular formula is C17H34N2O2. The van der Waals surface area contributed by atoms with Crippen molar-refractivity contribution in [1.29, 1.82) is 0 Å². The van der Waals surface area contributed by atoms with Crippen LogP contribution in [-0.4, -0.2) is 48.2 Å². The lowest BCUT2D eigenvalue weighted by atomic mass is 9.95. The largest absolute Gasteiger partial charge is 0.465 e. The summed E-state index contributed by atoms with van der Waals surface area (Å²) in [5.74, 6) is 0.539. The Labute approximate surface area is 130 Å². The molecule has 1 rings (SSSR count). The number of carbonyl (C=O) groups excluding carboxylic acids is 1. The van der Waals surface area contributed by atoms with Crippen LogP contribution in [0.3, 0.4) is 0 Å². The minimum Gasteiger partial charge on any atom is -0.465 e. The summed E-state index contributed by atoms with van der Waals surface area (Å²) >= 11 is 0. The molecule has 124 valence electrons. The van der Waals surface area contributed by atoms with Gasteiger partial charge in [0.15, 0.2) is 0 Å². The Bertz CT molecular complexity index is 344. The molecule has 0 aromatic rings. The van der Waals surface area contributed by atoms with Crippen molar-refractivity contribution in [2.45, 2.75) is 84.5 Å². The van der Waals surface area contributed by atoms with Crippen molar-refractivity contribution < 1.29 is 9.53 Å². The van der Waals surface area contributed by atoms with Crippen molar-refractivity contribution in [3.63, 3.8) is 0 Å². The van der Waals surface area contributed by atoms with Gasteiger partial charge in [0.25, 0.3) is 0 Å². The summed E-state index contributed by atoms with van der Waals surface area (Å²) in [7, 11) is 2.19. The molecule has 21 heavy (non-hydrogen) atoms. The minimum absolute atomic E-state index is 0.0770. The summed E-state index contributed by atoms with van der Waals surface area (Å²) in [6.07, 6.45) is 2.76. The lowest BCUT2D eigenvalue weighted by molar-refractivity contribution is -0.151. The highest BCUT2D eigenvalue weighted by Gasteiger charge is 2.48. The van der Waals surface area contributed by atoms with Gasteiger partial charge in [-0.2, -0.15) is 0 Å². The van der Waals surface area contributed by atoms with Crippen molar-refractivity contribution >= 4 is 5.97 Å². The lowest BCUT2D eigenvalue weighted by Crippen LogP contribution is -2.55. The van der Waals surface area contributed by atoms with Crippen molar-refractivity contribution in [1.82, 2.24) is 10.2 Å². The van der Waals surface area contributed by atoms with Crippen LogP contribution < -0.4 is 5.32 Å². The van der Waals surface area contributed by atoms with Gasteiger partial charge in [-0.1, -0.05) is 13.8 Å². The van der Waals surface area contributed by atoms with Crippen LogP contribution in [0.2, 0.25) is 0 Å². The van der Waals surface area contributed by atoms with E-state index in [9.17, 15) is 4.79 Å². The molecule has 0 spiro atoms. The predicted molar refractivity (Wildman–Crippen MR) is 87.3 cm³/mol. The quantitative estimate of drug-likeness (QED) is 0.734. The van der Waals surface area contributed by atoms with Gasteiger partial charge in [-0.05, 0) is 59.9 Å². The smallest absolute Gasteiger partial charge is 0.326 e. The van der Waals surface area contributed by atoms with Crippen LogP contribution in [0.5, 0.6) is 0 Å². The Kier molecular flexibility index (Phi) is 6.67. The molecule has 1 N–H and O–H groups in total. The van der Waals surface area contributed by atoms with E-state index in [1.807, 2.05) is 6.92 Å². The topological polar surface area (TPSA) is 41.6 Å². The van der Waals surface area contributed by atoms with Crippen molar-refractivity contribution in [3.8, 4) is 0 Å². The fourth-order valence-corrected chi connectivity index (χ4v) is 3.37. The van der Waals surface area contributed by atoms with E-state index >= 15 is 0 Å². The van der Waals surface area contributed by atoms with E-state index in [0.29, 0.717) is 24.6 Å². The molecular weight excluding hydrogens is 264 g/mol. The molecule has 0 aromatic carbocycles. The van der Waals surface area contributed by atoms with E-state index in [-0.39, 0.29) is 12.0 Å². The van der Waals surface area contributed by atoms with Gasteiger partial charge >= 0.3 is 5.97 Å². The van der Waals surface area contributed by atoms with Gasteiger partial charge in [-0.25, -0.2) is 0 Å². The Morgan fingerprint density at radius 2 is 1.95 bits per heavy atom. The molecule has 0 radical (unpaired) electrons. The number of rotatable bonds is 7. The van der Waals surface area contributed by atoms with Gasteiger partial charge in [0.1, 0.15) is 5.54 Å². The van der Waals surface area contributed by atoms with Crippen LogP contribution in [0.1, 0.15) is 60.8 Å². The molecule has 3 unspecified atom stereocenters. The highest BCUT2D eigenvalue weighted by Crippen LogP contribution is 2.35. The average Bonchev–Trinajstić information content (AvgIpc) is 2.81. The zero-order valence-electron chi connectivity index (χ0n) is 14.9. The van der Waals surface area contributed by atoms with E-state index in [1.165, 1.54) is 0 Å². The molecule has 4 heteroatoms. The number of nitrogens with one attached hydrogen (secondary N) is 1. The third kappa shape index (κ3) is 4.43. The Morgan fingerprint density at radius 1 is 1.33 bits per heavy atom. The zero-order chi connectivity index (χ0) is 16.2. The standard InChI is InChI=1S/C17H34N2O2/c1-8-21-16(20)17(18-13(4)5)10-9-15(11-17)19(7)14(6)12(2)3/h12-15,18H,8-11H2,1-7H3. The minimum atomic E-state index is -0.500. The zero-order valence-corrected chi connectivity index (χ0v) is 14.9. The third-order valence-corrected chi connectivity index (χ3v) is 4.90. The van der Waals surface area contributed by atoms with Crippen LogP contribution in [0.25, 0.3) is 0 Å². The predicted octanol–water partition coefficient (Wildman–Crippen LogP) is 2.82. The highest BCUT2D eigenvalue weighted by molar-refractivity contribution is 5.81. The number of hydrogen-bond acceptors (Lipinski definition) is 4. The maximum atomic E-state index is 12.5. The summed E-state index contributed by atoms with van der Waals surface area (Å²) in [6.45, 7) is 13.3. The van der Waals surface area contributed by atoms with Crippen molar-refractivity contribution in [2.75, 3.05) is 13.7 Å². The number of hydrogen-bond donors (Lipinski definition) is 1. The van der Waals surface area contributed by atoms with Crippen LogP contribution in [0.4, 0.5) is 0 Å². The second-order valence-corrected chi connectivity index (χ2v) is 7.15. The Morgan fingerprint density at radius 3 is 2.43 bits per heavy atom. The van der Waals surface area contributed by atoms with E-state index in [0.717, 1.165) is 19.3 Å². The van der Waals surface area contributed by atoms with Gasteiger partial charge in [-0.3, -0.25) is 10.1 Å². The van der Waals surface area contributed by atoms with Crippen LogP contribution in [0.15, 0.2) is 0 Å². The summed E-state index contributed by atoms with van der Waals surface area (Å²) < 4.78 is 5.35. The first-order chi connectivity index (χ1) is 9.73. The van der Waals surface area contributed by atoms with Gasteiger partial charge in [0, 0.05) is 18.1 Å². The SMILES string of the molecule is CCOC(=O)C1(NC(C)C)CCC(N(C)C(C)C(C)C)C1. The molecule has 0 aliphatic heterocycles. The monoisotopic (exact) mass is 298 g/mol. The van der Waals surface area contributed by atoms with E-state index in [4.69, 9.17) is 4.74 Å². The van der Waals surface area contributed by atoms with E-state index in [2.05, 4.69) is 51.9 Å². The summed E-state index contributed by atoms with van der Waals surface area (Å²) in [6, 6.07) is 1.24. The summed E-state index contributed by atoms with van der Waals surface area (Å²) in [5, 5.41) is 3.49. The molecule has 1 aliphatic rings. The molecule has 1 saturated carbocycles. The van der Waals surface area contributed by atoms with Crippen LogP contribution in [-0.2, 0) is 9.53 Å².